The smallest absolute Gasteiger partial charge is 0.357 e. The van der Waals surface area contributed by atoms with Crippen LogP contribution in [0.15, 0.2) is 35.7 Å². The maximum Gasteiger partial charge on any atom is 0.357 e. The van der Waals surface area contributed by atoms with Gasteiger partial charge in [-0.25, -0.2) is 9.78 Å². The molecule has 108 valence electrons. The van der Waals surface area contributed by atoms with Gasteiger partial charge >= 0.3 is 5.97 Å². The fourth-order valence-electron chi connectivity index (χ4n) is 1.34. The fraction of sp³-hybridized carbons (Fsp3) is 0.333. The standard InChI is InChI=1S/C13H13NO3S.C2H6/c1-2-16-13(15)11-9-18-12(14-11)8-17-10-6-4-3-5-7-10;1-2/h3-7,9H,2,8H2,1H3;1-2H3. The first-order valence-corrected chi connectivity index (χ1v) is 7.47. The van der Waals surface area contributed by atoms with Crippen LogP contribution in [-0.2, 0) is 11.3 Å². The van der Waals surface area contributed by atoms with Crippen LogP contribution in [-0.4, -0.2) is 17.6 Å². The first-order chi connectivity index (χ1) is 9.79. The molecule has 2 aromatic rings. The fourth-order valence-corrected chi connectivity index (χ4v) is 2.01. The molecule has 0 aliphatic rings. The summed E-state index contributed by atoms with van der Waals surface area (Å²) in [5, 5.41) is 2.43. The van der Waals surface area contributed by atoms with Gasteiger partial charge in [0.1, 0.15) is 17.4 Å². The molecule has 2 rings (SSSR count). The lowest BCUT2D eigenvalue weighted by molar-refractivity contribution is 0.0520. The van der Waals surface area contributed by atoms with Crippen LogP contribution in [0.3, 0.4) is 0 Å². The van der Waals surface area contributed by atoms with Gasteiger partial charge in [-0.1, -0.05) is 32.0 Å². The summed E-state index contributed by atoms with van der Waals surface area (Å²) < 4.78 is 10.4. The number of rotatable bonds is 5. The van der Waals surface area contributed by atoms with E-state index in [9.17, 15) is 4.79 Å². The van der Waals surface area contributed by atoms with E-state index in [4.69, 9.17) is 9.47 Å². The van der Waals surface area contributed by atoms with E-state index in [2.05, 4.69) is 4.98 Å². The quantitative estimate of drug-likeness (QED) is 0.784. The van der Waals surface area contributed by atoms with Gasteiger partial charge in [-0.2, -0.15) is 0 Å². The molecule has 0 fully saturated rings. The summed E-state index contributed by atoms with van der Waals surface area (Å²) in [6, 6.07) is 9.48. The number of esters is 1. The molecule has 0 atom stereocenters. The van der Waals surface area contributed by atoms with Crippen LogP contribution >= 0.6 is 11.3 Å². The second kappa shape index (κ2) is 9.09. The molecule has 0 amide bonds. The van der Waals surface area contributed by atoms with Crippen molar-refractivity contribution in [2.24, 2.45) is 0 Å². The molecule has 0 saturated heterocycles. The number of benzene rings is 1. The molecule has 1 aromatic heterocycles. The molecule has 4 nitrogen and oxygen atoms in total. The Morgan fingerprint density at radius 3 is 2.60 bits per heavy atom. The Labute approximate surface area is 123 Å². The molecular formula is C15H19NO3S. The molecule has 1 heterocycles. The minimum atomic E-state index is -0.389. The number of hydrogen-bond donors (Lipinski definition) is 0. The van der Waals surface area contributed by atoms with Crippen LogP contribution in [0.25, 0.3) is 0 Å². The monoisotopic (exact) mass is 293 g/mol. The van der Waals surface area contributed by atoms with Crippen LogP contribution < -0.4 is 4.74 Å². The Morgan fingerprint density at radius 1 is 1.25 bits per heavy atom. The van der Waals surface area contributed by atoms with E-state index in [1.165, 1.54) is 11.3 Å². The van der Waals surface area contributed by atoms with Crippen LogP contribution in [0.5, 0.6) is 5.75 Å². The predicted molar refractivity (Wildman–Crippen MR) is 80.2 cm³/mol. The third kappa shape index (κ3) is 5.01. The van der Waals surface area contributed by atoms with Crippen molar-refractivity contribution in [1.82, 2.24) is 4.98 Å². The van der Waals surface area contributed by atoms with E-state index in [-0.39, 0.29) is 5.97 Å². The normalized spacial score (nSPS) is 9.35. The number of hydrogen-bond acceptors (Lipinski definition) is 5. The SMILES string of the molecule is CC.CCOC(=O)c1csc(COc2ccccc2)n1. The zero-order valence-corrected chi connectivity index (χ0v) is 12.8. The summed E-state index contributed by atoms with van der Waals surface area (Å²) in [5.41, 5.74) is 0.341. The van der Waals surface area contributed by atoms with Crippen molar-refractivity contribution >= 4 is 17.3 Å². The minimum Gasteiger partial charge on any atom is -0.486 e. The van der Waals surface area contributed by atoms with Crippen LogP contribution in [0.2, 0.25) is 0 Å². The summed E-state index contributed by atoms with van der Waals surface area (Å²) >= 11 is 1.39. The van der Waals surface area contributed by atoms with Gasteiger partial charge in [-0.3, -0.25) is 0 Å². The van der Waals surface area contributed by atoms with Gasteiger partial charge in [0.15, 0.2) is 5.69 Å². The third-order valence-corrected chi connectivity index (χ3v) is 2.96. The zero-order valence-electron chi connectivity index (χ0n) is 12.0. The lowest BCUT2D eigenvalue weighted by Gasteiger charge is -2.02. The molecule has 5 heteroatoms. The van der Waals surface area contributed by atoms with Crippen molar-refractivity contribution in [2.75, 3.05) is 6.61 Å². The highest BCUT2D eigenvalue weighted by Crippen LogP contribution is 2.15. The molecule has 0 saturated carbocycles. The number of thiazole rings is 1. The van der Waals surface area contributed by atoms with E-state index in [0.717, 1.165) is 10.8 Å². The third-order valence-electron chi connectivity index (χ3n) is 2.14. The van der Waals surface area contributed by atoms with E-state index in [0.29, 0.717) is 18.9 Å². The Hall–Kier alpha value is -1.88. The highest BCUT2D eigenvalue weighted by atomic mass is 32.1. The van der Waals surface area contributed by atoms with Crippen molar-refractivity contribution < 1.29 is 14.3 Å². The van der Waals surface area contributed by atoms with Gasteiger partial charge in [-0.15, -0.1) is 11.3 Å². The maximum atomic E-state index is 11.4. The number of carbonyl (C=O) groups is 1. The average Bonchev–Trinajstić information content (AvgIpc) is 2.98. The lowest BCUT2D eigenvalue weighted by atomic mass is 10.3. The van der Waals surface area contributed by atoms with E-state index in [1.807, 2.05) is 44.2 Å². The molecule has 20 heavy (non-hydrogen) atoms. The first-order valence-electron chi connectivity index (χ1n) is 6.59. The maximum absolute atomic E-state index is 11.4. The van der Waals surface area contributed by atoms with Gasteiger partial charge in [0.25, 0.3) is 0 Å². The molecule has 0 radical (unpaired) electrons. The molecule has 1 aromatic carbocycles. The van der Waals surface area contributed by atoms with Gasteiger partial charge < -0.3 is 9.47 Å². The molecule has 0 spiro atoms. The second-order valence-corrected chi connectivity index (χ2v) is 4.39. The van der Waals surface area contributed by atoms with E-state index >= 15 is 0 Å². The molecule has 0 aliphatic carbocycles. The Morgan fingerprint density at radius 2 is 1.95 bits per heavy atom. The Balaban J connectivity index is 0.000000956. The number of ether oxygens (including phenoxy) is 2. The van der Waals surface area contributed by atoms with Gasteiger partial charge in [0.2, 0.25) is 0 Å². The molecule has 0 aliphatic heterocycles. The Bertz CT molecular complexity index is 511. The summed E-state index contributed by atoms with van der Waals surface area (Å²) in [4.78, 5) is 15.6. The topological polar surface area (TPSA) is 48.4 Å². The summed E-state index contributed by atoms with van der Waals surface area (Å²) in [5.74, 6) is 0.394. The van der Waals surface area contributed by atoms with Crippen LogP contribution in [0, 0.1) is 0 Å². The van der Waals surface area contributed by atoms with Gasteiger partial charge in [-0.05, 0) is 19.1 Å². The number of nitrogens with zero attached hydrogens (tertiary/aromatic N) is 1. The summed E-state index contributed by atoms with van der Waals surface area (Å²) in [7, 11) is 0. The number of aromatic nitrogens is 1. The second-order valence-electron chi connectivity index (χ2n) is 3.45. The highest BCUT2D eigenvalue weighted by Gasteiger charge is 2.11. The molecule has 0 bridgehead atoms. The zero-order chi connectivity index (χ0) is 14.8. The highest BCUT2D eigenvalue weighted by molar-refractivity contribution is 7.09. The minimum absolute atomic E-state index is 0.341. The van der Waals surface area contributed by atoms with Crippen LogP contribution in [0.4, 0.5) is 0 Å². The van der Waals surface area contributed by atoms with Crippen molar-refractivity contribution in [3.63, 3.8) is 0 Å². The summed E-state index contributed by atoms with van der Waals surface area (Å²) in [6.45, 7) is 6.48. The molecular weight excluding hydrogens is 274 g/mol. The van der Waals surface area contributed by atoms with Gasteiger partial charge in [0, 0.05) is 5.38 Å². The van der Waals surface area contributed by atoms with Crippen molar-refractivity contribution in [1.29, 1.82) is 0 Å². The molecule has 0 N–H and O–H groups in total. The van der Waals surface area contributed by atoms with Crippen molar-refractivity contribution in [3.8, 4) is 5.75 Å². The van der Waals surface area contributed by atoms with Crippen molar-refractivity contribution in [3.05, 3.63) is 46.4 Å². The molecule has 0 unspecified atom stereocenters. The predicted octanol–water partition coefficient (Wildman–Crippen LogP) is 3.93. The average molecular weight is 293 g/mol. The summed E-state index contributed by atoms with van der Waals surface area (Å²) in [6.07, 6.45) is 0. The van der Waals surface area contributed by atoms with E-state index in [1.54, 1.807) is 12.3 Å². The number of carbonyl (C=O) groups excluding carboxylic acids is 1. The van der Waals surface area contributed by atoms with E-state index < -0.39 is 0 Å². The Kier molecular flexibility index (Phi) is 7.35. The number of para-hydroxylation sites is 1. The van der Waals surface area contributed by atoms with Crippen LogP contribution in [0.1, 0.15) is 36.3 Å². The largest absolute Gasteiger partial charge is 0.486 e. The van der Waals surface area contributed by atoms with Crippen molar-refractivity contribution in [2.45, 2.75) is 27.4 Å². The first kappa shape index (κ1) is 16.2. The van der Waals surface area contributed by atoms with Gasteiger partial charge in [0.05, 0.1) is 6.61 Å². The lowest BCUT2D eigenvalue weighted by Crippen LogP contribution is -2.05.